The molecule has 2 rings (SSSR count). The molecule has 1 aromatic rings. The molecule has 0 amide bonds. The molecule has 0 bridgehead atoms. The highest BCUT2D eigenvalue weighted by Crippen LogP contribution is 2.44. The molecule has 1 saturated carbocycles. The zero-order valence-corrected chi connectivity index (χ0v) is 13.4. The van der Waals surface area contributed by atoms with Crippen molar-refractivity contribution in [2.75, 3.05) is 0 Å². The van der Waals surface area contributed by atoms with Crippen molar-refractivity contribution in [3.63, 3.8) is 0 Å². The fourth-order valence-corrected chi connectivity index (χ4v) is 3.75. The first-order chi connectivity index (χ1) is 10.1. The number of unbranched alkanes of at least 4 members (excludes halogenated alkanes) is 2. The highest BCUT2D eigenvalue weighted by molar-refractivity contribution is 5.79. The van der Waals surface area contributed by atoms with Gasteiger partial charge in [0.05, 0.1) is 0 Å². The van der Waals surface area contributed by atoms with Crippen molar-refractivity contribution < 1.29 is 9.90 Å². The first-order valence-corrected chi connectivity index (χ1v) is 8.37. The van der Waals surface area contributed by atoms with Crippen LogP contribution in [0.1, 0.15) is 70.8 Å². The summed E-state index contributed by atoms with van der Waals surface area (Å²) in [4.78, 5) is 11.5. The van der Waals surface area contributed by atoms with E-state index >= 15 is 0 Å². The Balaban J connectivity index is 2.20. The summed E-state index contributed by atoms with van der Waals surface area (Å²) in [7, 11) is 0. The molecular weight excluding hydrogens is 260 g/mol. The van der Waals surface area contributed by atoms with Gasteiger partial charge in [-0.05, 0) is 48.3 Å². The van der Waals surface area contributed by atoms with E-state index in [1.165, 1.54) is 31.2 Å². The fourth-order valence-electron chi connectivity index (χ4n) is 3.75. The summed E-state index contributed by atoms with van der Waals surface area (Å²) in [6, 6.07) is 7.72. The van der Waals surface area contributed by atoms with E-state index in [9.17, 15) is 9.90 Å². The van der Waals surface area contributed by atoms with Crippen LogP contribution in [0.15, 0.2) is 24.3 Å². The van der Waals surface area contributed by atoms with Gasteiger partial charge in [0.2, 0.25) is 0 Å². The second kappa shape index (κ2) is 7.11. The molecule has 116 valence electrons. The summed E-state index contributed by atoms with van der Waals surface area (Å²) in [5.41, 5.74) is 1.44. The standard InChI is InChI=1S/C19H28O2/c1-3-4-5-14-19(2,15-6-10-17(20)11-7-15)16-8-12-18(21)13-9-16/h6-7,10-11,16,20H,3-5,8-9,12-14H2,1-2H3. The number of benzene rings is 1. The van der Waals surface area contributed by atoms with Gasteiger partial charge >= 0.3 is 0 Å². The summed E-state index contributed by atoms with van der Waals surface area (Å²) in [6.07, 6.45) is 8.42. The van der Waals surface area contributed by atoms with Crippen molar-refractivity contribution in [2.24, 2.45) is 5.92 Å². The summed E-state index contributed by atoms with van der Waals surface area (Å²) in [5.74, 6) is 1.33. The number of hydrogen-bond acceptors (Lipinski definition) is 2. The lowest BCUT2D eigenvalue weighted by Crippen LogP contribution is -2.35. The molecule has 1 unspecified atom stereocenters. The molecule has 1 aromatic carbocycles. The fraction of sp³-hybridized carbons (Fsp3) is 0.632. The number of carbonyl (C=O) groups is 1. The Hall–Kier alpha value is -1.31. The maximum Gasteiger partial charge on any atom is 0.132 e. The predicted octanol–water partition coefficient (Wildman–Crippen LogP) is 4.99. The SMILES string of the molecule is CCCCCC(C)(c1ccc(O)cc1)C1CCC(=O)CC1. The summed E-state index contributed by atoms with van der Waals surface area (Å²) in [6.45, 7) is 4.59. The number of Topliss-reactive ketones (excluding diaryl/α,β-unsaturated/α-hetero) is 1. The van der Waals surface area contributed by atoms with Crippen molar-refractivity contribution >= 4 is 5.78 Å². The zero-order chi connectivity index (χ0) is 15.3. The van der Waals surface area contributed by atoms with Crippen molar-refractivity contribution in [1.29, 1.82) is 0 Å². The second-order valence-electron chi connectivity index (χ2n) is 6.73. The van der Waals surface area contributed by atoms with Crippen LogP contribution >= 0.6 is 0 Å². The Kier molecular flexibility index (Phi) is 5.44. The van der Waals surface area contributed by atoms with Crippen LogP contribution < -0.4 is 0 Å². The average molecular weight is 288 g/mol. The van der Waals surface area contributed by atoms with E-state index in [0.717, 1.165) is 25.7 Å². The highest BCUT2D eigenvalue weighted by atomic mass is 16.3. The molecule has 2 nitrogen and oxygen atoms in total. The average Bonchev–Trinajstić information content (AvgIpc) is 2.48. The topological polar surface area (TPSA) is 37.3 Å². The third-order valence-electron chi connectivity index (χ3n) is 5.27. The van der Waals surface area contributed by atoms with E-state index < -0.39 is 0 Å². The minimum Gasteiger partial charge on any atom is -0.508 e. The summed E-state index contributed by atoms with van der Waals surface area (Å²) < 4.78 is 0. The zero-order valence-electron chi connectivity index (χ0n) is 13.4. The van der Waals surface area contributed by atoms with Crippen LogP contribution in [-0.4, -0.2) is 10.9 Å². The molecule has 1 N–H and O–H groups in total. The number of hydrogen-bond donors (Lipinski definition) is 1. The lowest BCUT2D eigenvalue weighted by atomic mass is 9.64. The van der Waals surface area contributed by atoms with E-state index in [-0.39, 0.29) is 5.41 Å². The Morgan fingerprint density at radius 2 is 1.76 bits per heavy atom. The van der Waals surface area contributed by atoms with Gasteiger partial charge in [-0.1, -0.05) is 45.2 Å². The molecular formula is C19H28O2. The lowest BCUT2D eigenvalue weighted by molar-refractivity contribution is -0.121. The van der Waals surface area contributed by atoms with E-state index in [0.29, 0.717) is 17.5 Å². The number of ketones is 1. The molecule has 21 heavy (non-hydrogen) atoms. The predicted molar refractivity (Wildman–Crippen MR) is 86.6 cm³/mol. The first-order valence-electron chi connectivity index (χ1n) is 8.37. The van der Waals surface area contributed by atoms with Gasteiger partial charge in [-0.15, -0.1) is 0 Å². The van der Waals surface area contributed by atoms with Gasteiger partial charge in [-0.3, -0.25) is 4.79 Å². The molecule has 0 spiro atoms. The van der Waals surface area contributed by atoms with Crippen LogP contribution in [0.3, 0.4) is 0 Å². The molecule has 0 aliphatic heterocycles. The maximum absolute atomic E-state index is 11.5. The van der Waals surface area contributed by atoms with E-state index in [1.54, 1.807) is 12.1 Å². The highest BCUT2D eigenvalue weighted by Gasteiger charge is 2.37. The molecule has 0 aromatic heterocycles. The third kappa shape index (κ3) is 3.87. The maximum atomic E-state index is 11.5. The third-order valence-corrected chi connectivity index (χ3v) is 5.27. The minimum absolute atomic E-state index is 0.129. The van der Waals surface area contributed by atoms with Crippen molar-refractivity contribution in [3.8, 4) is 5.75 Å². The number of carbonyl (C=O) groups excluding carboxylic acids is 1. The smallest absolute Gasteiger partial charge is 0.132 e. The van der Waals surface area contributed by atoms with Gasteiger partial charge < -0.3 is 5.11 Å². The van der Waals surface area contributed by atoms with Crippen molar-refractivity contribution in [2.45, 2.75) is 70.6 Å². The number of aromatic hydroxyl groups is 1. The van der Waals surface area contributed by atoms with Gasteiger partial charge in [-0.25, -0.2) is 0 Å². The minimum atomic E-state index is 0.129. The molecule has 1 fully saturated rings. The second-order valence-corrected chi connectivity index (χ2v) is 6.73. The van der Waals surface area contributed by atoms with Crippen LogP contribution in [0.5, 0.6) is 5.75 Å². The van der Waals surface area contributed by atoms with Crippen molar-refractivity contribution in [1.82, 2.24) is 0 Å². The first kappa shape index (κ1) is 16.1. The van der Waals surface area contributed by atoms with Gasteiger partial charge in [0.1, 0.15) is 11.5 Å². The van der Waals surface area contributed by atoms with Crippen LogP contribution in [0, 0.1) is 5.92 Å². The van der Waals surface area contributed by atoms with Crippen molar-refractivity contribution in [3.05, 3.63) is 29.8 Å². The Morgan fingerprint density at radius 3 is 2.33 bits per heavy atom. The number of phenolic OH excluding ortho intramolecular Hbond substituents is 1. The molecule has 1 aliphatic rings. The molecule has 1 aliphatic carbocycles. The number of phenols is 1. The van der Waals surface area contributed by atoms with E-state index in [4.69, 9.17) is 0 Å². The quantitative estimate of drug-likeness (QED) is 0.749. The van der Waals surface area contributed by atoms with Gasteiger partial charge in [0.15, 0.2) is 0 Å². The van der Waals surface area contributed by atoms with E-state index in [1.807, 2.05) is 0 Å². The Bertz CT molecular complexity index is 453. The number of rotatable bonds is 6. The van der Waals surface area contributed by atoms with Gasteiger partial charge in [0.25, 0.3) is 0 Å². The molecule has 0 saturated heterocycles. The normalized spacial score (nSPS) is 19.4. The van der Waals surface area contributed by atoms with Crippen LogP contribution in [0.4, 0.5) is 0 Å². The van der Waals surface area contributed by atoms with E-state index in [2.05, 4.69) is 26.0 Å². The molecule has 1 atom stereocenters. The monoisotopic (exact) mass is 288 g/mol. The Morgan fingerprint density at radius 1 is 1.14 bits per heavy atom. The Labute approximate surface area is 128 Å². The van der Waals surface area contributed by atoms with Gasteiger partial charge in [-0.2, -0.15) is 0 Å². The lowest BCUT2D eigenvalue weighted by Gasteiger charge is -2.40. The summed E-state index contributed by atoms with van der Waals surface area (Å²) in [5, 5.41) is 9.54. The molecule has 0 radical (unpaired) electrons. The summed E-state index contributed by atoms with van der Waals surface area (Å²) >= 11 is 0. The van der Waals surface area contributed by atoms with Crippen LogP contribution in [-0.2, 0) is 10.2 Å². The largest absolute Gasteiger partial charge is 0.508 e. The van der Waals surface area contributed by atoms with Crippen LogP contribution in [0.2, 0.25) is 0 Å². The molecule has 0 heterocycles. The van der Waals surface area contributed by atoms with Crippen LogP contribution in [0.25, 0.3) is 0 Å². The molecule has 2 heteroatoms. The van der Waals surface area contributed by atoms with Gasteiger partial charge in [0, 0.05) is 12.8 Å².